The number of anilines is 1. The number of hydrogen-bond acceptors (Lipinski definition) is 5. The fraction of sp³-hybridized carbons (Fsp3) is 0.400. The molecular formula is C20H21Cl2F3NO4P. The highest BCUT2D eigenvalue weighted by molar-refractivity contribution is 7.54. The van der Waals surface area contributed by atoms with Crippen LogP contribution in [0.15, 0.2) is 36.4 Å². The summed E-state index contributed by atoms with van der Waals surface area (Å²) in [4.78, 5) is 0. The van der Waals surface area contributed by atoms with Crippen LogP contribution in [0, 0.1) is 5.41 Å². The molecule has 3 rings (SSSR count). The van der Waals surface area contributed by atoms with E-state index in [9.17, 15) is 17.7 Å². The third-order valence-electron chi connectivity index (χ3n) is 4.62. The highest BCUT2D eigenvalue weighted by Gasteiger charge is 2.45. The van der Waals surface area contributed by atoms with Crippen LogP contribution in [-0.4, -0.2) is 20.3 Å². The minimum atomic E-state index is -4.55. The SMILES string of the molecule is COc1c(Cl)cc(Cl)cc1[C@H](Nc1cccc(C(F)(F)F)c1)P1(=O)OCC(C)(C)CO1. The van der Waals surface area contributed by atoms with Gasteiger partial charge >= 0.3 is 13.8 Å². The molecule has 1 aliphatic rings. The molecule has 1 heterocycles. The predicted molar refractivity (Wildman–Crippen MR) is 114 cm³/mol. The number of nitrogens with one attached hydrogen (secondary N) is 1. The number of halogens is 5. The first-order valence-electron chi connectivity index (χ1n) is 9.20. The molecule has 0 amide bonds. The van der Waals surface area contributed by atoms with E-state index in [0.717, 1.165) is 12.1 Å². The van der Waals surface area contributed by atoms with E-state index in [4.69, 9.17) is 37.0 Å². The summed E-state index contributed by atoms with van der Waals surface area (Å²) in [6.45, 7) is 4.01. The van der Waals surface area contributed by atoms with E-state index in [0.29, 0.717) is 0 Å². The van der Waals surface area contributed by atoms with Gasteiger partial charge in [-0.1, -0.05) is 43.1 Å². The normalized spacial score (nSPS) is 19.0. The minimum Gasteiger partial charge on any atom is -0.495 e. The van der Waals surface area contributed by atoms with Gasteiger partial charge in [0.1, 0.15) is 5.75 Å². The lowest BCUT2D eigenvalue weighted by molar-refractivity contribution is -0.137. The lowest BCUT2D eigenvalue weighted by atomic mass is 9.97. The van der Waals surface area contributed by atoms with Crippen LogP contribution < -0.4 is 10.1 Å². The van der Waals surface area contributed by atoms with Gasteiger partial charge in [0.15, 0.2) is 5.78 Å². The zero-order valence-electron chi connectivity index (χ0n) is 16.9. The standard InChI is InChI=1S/C20H21Cl2F3NO4P/c1-19(2)10-29-31(27,30-11-19)18(15-8-13(21)9-16(22)17(15)28-3)26-14-6-4-5-12(7-14)20(23,24)25/h4-9,18,26H,10-11H2,1-3H3/t18-/m1/s1. The summed E-state index contributed by atoms with van der Waals surface area (Å²) in [6, 6.07) is 7.41. The Kier molecular flexibility index (Phi) is 6.90. The van der Waals surface area contributed by atoms with Crippen LogP contribution in [0.5, 0.6) is 5.75 Å². The molecule has 0 aromatic heterocycles. The Morgan fingerprint density at radius 1 is 1.16 bits per heavy atom. The molecule has 0 saturated carbocycles. The zero-order valence-corrected chi connectivity index (χ0v) is 19.3. The molecular weight excluding hydrogens is 477 g/mol. The van der Waals surface area contributed by atoms with Crippen LogP contribution in [0.4, 0.5) is 18.9 Å². The smallest absolute Gasteiger partial charge is 0.416 e. The molecule has 170 valence electrons. The van der Waals surface area contributed by atoms with Gasteiger partial charge in [-0.25, -0.2) is 0 Å². The maximum Gasteiger partial charge on any atom is 0.416 e. The summed E-state index contributed by atoms with van der Waals surface area (Å²) in [5.74, 6) is -1.07. The van der Waals surface area contributed by atoms with Crippen molar-refractivity contribution in [3.8, 4) is 5.75 Å². The van der Waals surface area contributed by atoms with Crippen molar-refractivity contribution in [3.05, 3.63) is 57.6 Å². The lowest BCUT2D eigenvalue weighted by Gasteiger charge is -2.38. The van der Waals surface area contributed by atoms with Crippen molar-refractivity contribution in [3.63, 3.8) is 0 Å². The molecule has 5 nitrogen and oxygen atoms in total. The molecule has 31 heavy (non-hydrogen) atoms. The zero-order chi connectivity index (χ0) is 23.0. The second kappa shape index (κ2) is 8.83. The molecule has 1 fully saturated rings. The van der Waals surface area contributed by atoms with Crippen molar-refractivity contribution in [2.24, 2.45) is 5.41 Å². The Hall–Kier alpha value is -1.44. The van der Waals surface area contributed by atoms with Crippen LogP contribution in [0.25, 0.3) is 0 Å². The largest absolute Gasteiger partial charge is 0.495 e. The molecule has 1 N–H and O–H groups in total. The first-order chi connectivity index (χ1) is 14.3. The summed E-state index contributed by atoms with van der Waals surface area (Å²) < 4.78 is 69.9. The third kappa shape index (κ3) is 5.49. The van der Waals surface area contributed by atoms with Gasteiger partial charge < -0.3 is 19.1 Å². The van der Waals surface area contributed by atoms with Crippen LogP contribution in [0.3, 0.4) is 0 Å². The van der Waals surface area contributed by atoms with Crippen LogP contribution in [0.1, 0.15) is 30.8 Å². The maximum absolute atomic E-state index is 13.7. The van der Waals surface area contributed by atoms with Gasteiger partial charge in [-0.2, -0.15) is 13.2 Å². The number of rotatable bonds is 5. The molecule has 1 atom stereocenters. The van der Waals surface area contributed by atoms with E-state index < -0.39 is 25.1 Å². The second-order valence-electron chi connectivity index (χ2n) is 7.89. The maximum atomic E-state index is 13.7. The van der Waals surface area contributed by atoms with Gasteiger partial charge in [-0.15, -0.1) is 0 Å². The van der Waals surface area contributed by atoms with E-state index in [1.54, 1.807) is 0 Å². The van der Waals surface area contributed by atoms with Crippen LogP contribution >= 0.6 is 30.8 Å². The molecule has 0 aliphatic carbocycles. The van der Waals surface area contributed by atoms with Crippen LogP contribution in [-0.2, 0) is 19.8 Å². The monoisotopic (exact) mass is 497 g/mol. The summed E-state index contributed by atoms with van der Waals surface area (Å²) in [5, 5.41) is 3.23. The van der Waals surface area contributed by atoms with E-state index in [1.807, 2.05) is 13.8 Å². The second-order valence-corrected chi connectivity index (χ2v) is 10.8. The van der Waals surface area contributed by atoms with Crippen molar-refractivity contribution in [2.75, 3.05) is 25.6 Å². The number of benzene rings is 2. The molecule has 0 radical (unpaired) electrons. The Balaban J connectivity index is 2.10. The predicted octanol–water partition coefficient (Wildman–Crippen LogP) is 7.40. The number of methoxy groups -OCH3 is 1. The van der Waals surface area contributed by atoms with Gasteiger partial charge in [0.2, 0.25) is 0 Å². The highest BCUT2D eigenvalue weighted by atomic mass is 35.5. The molecule has 0 unspecified atom stereocenters. The molecule has 1 aliphatic heterocycles. The van der Waals surface area contributed by atoms with E-state index in [1.165, 1.54) is 31.4 Å². The van der Waals surface area contributed by atoms with Crippen molar-refractivity contribution >= 4 is 36.5 Å². The molecule has 1 saturated heterocycles. The van der Waals surface area contributed by atoms with Gasteiger partial charge in [0.05, 0.1) is 30.9 Å². The van der Waals surface area contributed by atoms with Gasteiger partial charge in [-0.3, -0.25) is 4.57 Å². The van der Waals surface area contributed by atoms with E-state index in [2.05, 4.69) is 5.32 Å². The van der Waals surface area contributed by atoms with Crippen LogP contribution in [0.2, 0.25) is 10.0 Å². The molecule has 2 aromatic rings. The highest BCUT2D eigenvalue weighted by Crippen LogP contribution is 2.65. The Bertz CT molecular complexity index is 1000. The number of alkyl halides is 3. The molecule has 0 spiro atoms. The minimum absolute atomic E-state index is 0.0604. The van der Waals surface area contributed by atoms with Crippen molar-refractivity contribution in [1.82, 2.24) is 0 Å². The van der Waals surface area contributed by atoms with Gasteiger partial charge in [0, 0.05) is 21.7 Å². The molecule has 0 bridgehead atoms. The topological polar surface area (TPSA) is 56.8 Å². The summed E-state index contributed by atoms with van der Waals surface area (Å²) in [7, 11) is -2.55. The average Bonchev–Trinajstić information content (AvgIpc) is 2.68. The van der Waals surface area contributed by atoms with E-state index in [-0.39, 0.29) is 45.7 Å². The van der Waals surface area contributed by atoms with Crippen molar-refractivity contribution in [2.45, 2.75) is 25.8 Å². The quantitative estimate of drug-likeness (QED) is 0.436. The average molecular weight is 498 g/mol. The molecule has 11 heteroatoms. The van der Waals surface area contributed by atoms with Gasteiger partial charge in [0.25, 0.3) is 0 Å². The fourth-order valence-electron chi connectivity index (χ4n) is 3.03. The Morgan fingerprint density at radius 2 is 1.81 bits per heavy atom. The summed E-state index contributed by atoms with van der Waals surface area (Å²) in [5.41, 5.74) is -0.951. The summed E-state index contributed by atoms with van der Waals surface area (Å²) in [6.07, 6.45) is -4.55. The first-order valence-corrected chi connectivity index (χ1v) is 11.6. The molecule has 2 aromatic carbocycles. The number of ether oxygens (including phenoxy) is 1. The third-order valence-corrected chi connectivity index (χ3v) is 7.13. The van der Waals surface area contributed by atoms with E-state index >= 15 is 0 Å². The summed E-state index contributed by atoms with van der Waals surface area (Å²) >= 11 is 12.4. The van der Waals surface area contributed by atoms with Crippen molar-refractivity contribution < 1.29 is 31.5 Å². The first kappa shape index (κ1) is 24.2. The number of hydrogen-bond donors (Lipinski definition) is 1. The fourth-order valence-corrected chi connectivity index (χ4v) is 5.88. The van der Waals surface area contributed by atoms with Gasteiger partial charge in [-0.05, 0) is 30.3 Å². The lowest BCUT2D eigenvalue weighted by Crippen LogP contribution is -2.32. The van der Waals surface area contributed by atoms with Crippen molar-refractivity contribution in [1.29, 1.82) is 0 Å². The Morgan fingerprint density at radius 3 is 2.39 bits per heavy atom. The Labute approximate surface area is 188 Å².